The third kappa shape index (κ3) is 5.80. The van der Waals surface area contributed by atoms with Crippen molar-refractivity contribution < 1.29 is 18.7 Å². The van der Waals surface area contributed by atoms with Gasteiger partial charge in [0.2, 0.25) is 0 Å². The molecule has 2 aromatic carbocycles. The summed E-state index contributed by atoms with van der Waals surface area (Å²) in [4.78, 5) is 24.9. The van der Waals surface area contributed by atoms with Gasteiger partial charge in [0, 0.05) is 25.9 Å². The summed E-state index contributed by atoms with van der Waals surface area (Å²) in [6.07, 6.45) is 0.760. The second kappa shape index (κ2) is 10.7. The molecular formula is C22H24FN5O3S. The van der Waals surface area contributed by atoms with E-state index in [2.05, 4.69) is 20.3 Å². The molecule has 3 aromatic rings. The van der Waals surface area contributed by atoms with Gasteiger partial charge in [0.15, 0.2) is 5.82 Å². The van der Waals surface area contributed by atoms with Crippen LogP contribution in [0.2, 0.25) is 0 Å². The molecule has 0 radical (unpaired) electrons. The normalized spacial score (nSPS) is 10.6. The van der Waals surface area contributed by atoms with Gasteiger partial charge in [-0.25, -0.2) is 9.18 Å². The molecule has 3 rings (SSSR count). The number of nitrogens with zero attached hydrogens (tertiary/aromatic N) is 1. The minimum absolute atomic E-state index is 0.0976. The van der Waals surface area contributed by atoms with Gasteiger partial charge in [0.05, 0.1) is 10.6 Å². The van der Waals surface area contributed by atoms with Crippen LogP contribution < -0.4 is 21.7 Å². The number of nitrogens with one attached hydrogen (secondary N) is 3. The number of ether oxygens (including phenoxy) is 1. The summed E-state index contributed by atoms with van der Waals surface area (Å²) in [6, 6.07) is 10.8. The largest absolute Gasteiger partial charge is 0.385 e. The van der Waals surface area contributed by atoms with E-state index in [1.54, 1.807) is 43.5 Å². The number of benzene rings is 2. The topological polar surface area (TPSA) is 118 Å². The van der Waals surface area contributed by atoms with Gasteiger partial charge in [-0.15, -0.1) is 0 Å². The zero-order valence-corrected chi connectivity index (χ0v) is 18.5. The average molecular weight is 458 g/mol. The maximum atomic E-state index is 13.8. The van der Waals surface area contributed by atoms with Crippen LogP contribution in [0.1, 0.15) is 22.3 Å². The van der Waals surface area contributed by atoms with Crippen molar-refractivity contribution in [3.8, 4) is 10.4 Å². The molecule has 0 saturated heterocycles. The molecule has 1 heterocycles. The minimum atomic E-state index is -0.579. The average Bonchev–Trinajstić information content (AvgIpc) is 3.18. The number of rotatable bonds is 9. The molecule has 0 unspecified atom stereocenters. The van der Waals surface area contributed by atoms with Gasteiger partial charge in [-0.2, -0.15) is 4.37 Å². The van der Waals surface area contributed by atoms with Gasteiger partial charge in [0.25, 0.3) is 5.91 Å². The molecule has 0 spiro atoms. The molecule has 1 aromatic heterocycles. The number of hydrogen-bond donors (Lipinski definition) is 4. The number of nitrogens with two attached hydrogens (primary N) is 1. The van der Waals surface area contributed by atoms with Crippen molar-refractivity contribution in [1.29, 1.82) is 0 Å². The van der Waals surface area contributed by atoms with Gasteiger partial charge < -0.3 is 26.4 Å². The molecule has 32 heavy (non-hydrogen) atoms. The van der Waals surface area contributed by atoms with E-state index >= 15 is 0 Å². The molecule has 8 nitrogen and oxygen atoms in total. The maximum Gasteiger partial charge on any atom is 0.323 e. The van der Waals surface area contributed by atoms with Crippen LogP contribution in [0.4, 0.5) is 26.4 Å². The van der Waals surface area contributed by atoms with Crippen molar-refractivity contribution in [1.82, 2.24) is 4.37 Å². The SMILES string of the molecule is COCCCNc1nsc(-c2ccc(NC(=O)Nc3cc(C)ccc3F)cc2)c1C(N)=O. The van der Waals surface area contributed by atoms with Gasteiger partial charge in [-0.05, 0) is 60.3 Å². The molecule has 0 saturated carbocycles. The number of carbonyl (C=O) groups is 2. The van der Waals surface area contributed by atoms with E-state index in [0.29, 0.717) is 35.1 Å². The molecular weight excluding hydrogens is 433 g/mol. The lowest BCUT2D eigenvalue weighted by Crippen LogP contribution is -2.20. The predicted octanol–water partition coefficient (Wildman–Crippen LogP) is 4.45. The lowest BCUT2D eigenvalue weighted by Gasteiger charge is -2.10. The molecule has 10 heteroatoms. The van der Waals surface area contributed by atoms with Crippen molar-refractivity contribution in [2.75, 3.05) is 36.2 Å². The van der Waals surface area contributed by atoms with E-state index in [1.807, 2.05) is 6.92 Å². The first-order chi connectivity index (χ1) is 15.4. The Bertz CT molecular complexity index is 1100. The Labute approximate surface area is 189 Å². The number of carbonyl (C=O) groups excluding carboxylic acids is 2. The zero-order chi connectivity index (χ0) is 23.1. The third-order valence-corrected chi connectivity index (χ3v) is 5.43. The van der Waals surface area contributed by atoms with Gasteiger partial charge in [0.1, 0.15) is 11.4 Å². The standard InChI is InChI=1S/C22H24FN5O3S/c1-13-4-9-16(23)17(12-13)27-22(30)26-15-7-5-14(6-8-15)19-18(20(24)29)21(28-32-19)25-10-3-11-31-2/h4-9,12H,3,10-11H2,1-2H3,(H2,24,29)(H,25,28)(H2,26,27,30). The smallest absolute Gasteiger partial charge is 0.323 e. The summed E-state index contributed by atoms with van der Waals surface area (Å²) in [6.45, 7) is 2.99. The Balaban J connectivity index is 1.70. The summed E-state index contributed by atoms with van der Waals surface area (Å²) in [5, 5.41) is 8.26. The molecule has 0 atom stereocenters. The van der Waals surface area contributed by atoms with Crippen LogP contribution in [0.25, 0.3) is 10.4 Å². The van der Waals surface area contributed by atoms with Crippen LogP contribution in [0, 0.1) is 12.7 Å². The Morgan fingerprint density at radius 2 is 1.91 bits per heavy atom. The number of amides is 3. The van der Waals surface area contributed by atoms with E-state index in [-0.39, 0.29) is 5.69 Å². The molecule has 0 fully saturated rings. The van der Waals surface area contributed by atoms with Crippen LogP contribution in [0.5, 0.6) is 0 Å². The van der Waals surface area contributed by atoms with Crippen molar-refractivity contribution in [2.45, 2.75) is 13.3 Å². The lowest BCUT2D eigenvalue weighted by molar-refractivity contribution is 0.100. The van der Waals surface area contributed by atoms with E-state index < -0.39 is 17.8 Å². The molecule has 5 N–H and O–H groups in total. The lowest BCUT2D eigenvalue weighted by atomic mass is 10.1. The van der Waals surface area contributed by atoms with E-state index in [9.17, 15) is 14.0 Å². The fourth-order valence-corrected chi connectivity index (χ4v) is 3.85. The number of halogens is 1. The molecule has 168 valence electrons. The molecule has 0 aliphatic carbocycles. The highest BCUT2D eigenvalue weighted by Crippen LogP contribution is 2.33. The first-order valence-electron chi connectivity index (χ1n) is 9.86. The van der Waals surface area contributed by atoms with Gasteiger partial charge >= 0.3 is 6.03 Å². The molecule has 3 amide bonds. The Hall–Kier alpha value is -3.50. The fraction of sp³-hybridized carbons (Fsp3) is 0.227. The monoisotopic (exact) mass is 457 g/mol. The summed E-state index contributed by atoms with van der Waals surface area (Å²) in [5.41, 5.74) is 8.07. The van der Waals surface area contributed by atoms with Crippen LogP contribution in [0.15, 0.2) is 42.5 Å². The van der Waals surface area contributed by atoms with Crippen LogP contribution in [0.3, 0.4) is 0 Å². The second-order valence-corrected chi connectivity index (χ2v) is 7.79. The number of hydrogen-bond acceptors (Lipinski definition) is 6. The number of anilines is 3. The first-order valence-corrected chi connectivity index (χ1v) is 10.6. The fourth-order valence-electron chi connectivity index (χ4n) is 2.98. The summed E-state index contributed by atoms with van der Waals surface area (Å²) in [7, 11) is 1.62. The number of urea groups is 1. The quantitative estimate of drug-likeness (QED) is 0.354. The first kappa shape index (κ1) is 23.2. The highest BCUT2D eigenvalue weighted by Gasteiger charge is 2.20. The highest BCUT2D eigenvalue weighted by atomic mass is 32.1. The van der Waals surface area contributed by atoms with Crippen molar-refractivity contribution in [3.63, 3.8) is 0 Å². The Morgan fingerprint density at radius 3 is 2.59 bits per heavy atom. The highest BCUT2D eigenvalue weighted by molar-refractivity contribution is 7.10. The van der Waals surface area contributed by atoms with Gasteiger partial charge in [-0.1, -0.05) is 18.2 Å². The van der Waals surface area contributed by atoms with Gasteiger partial charge in [-0.3, -0.25) is 4.79 Å². The summed E-state index contributed by atoms with van der Waals surface area (Å²) >= 11 is 1.16. The number of aromatic nitrogens is 1. The van der Waals surface area contributed by atoms with E-state index in [0.717, 1.165) is 29.1 Å². The number of primary amides is 1. The zero-order valence-electron chi connectivity index (χ0n) is 17.7. The van der Waals surface area contributed by atoms with Crippen LogP contribution in [-0.4, -0.2) is 36.6 Å². The molecule has 0 aliphatic rings. The van der Waals surface area contributed by atoms with Crippen molar-refractivity contribution >= 4 is 40.7 Å². The second-order valence-electron chi connectivity index (χ2n) is 7.01. The molecule has 0 aliphatic heterocycles. The predicted molar refractivity (Wildman–Crippen MR) is 125 cm³/mol. The third-order valence-electron chi connectivity index (χ3n) is 4.53. The number of aryl methyl sites for hydroxylation is 1. The van der Waals surface area contributed by atoms with Crippen LogP contribution >= 0.6 is 11.5 Å². The van der Waals surface area contributed by atoms with E-state index in [4.69, 9.17) is 10.5 Å². The summed E-state index contributed by atoms with van der Waals surface area (Å²) in [5.74, 6) is -0.656. The number of methoxy groups -OCH3 is 1. The van der Waals surface area contributed by atoms with Crippen molar-refractivity contribution in [3.05, 3.63) is 59.4 Å². The van der Waals surface area contributed by atoms with Crippen LogP contribution in [-0.2, 0) is 4.74 Å². The summed E-state index contributed by atoms with van der Waals surface area (Å²) < 4.78 is 23.2. The van der Waals surface area contributed by atoms with E-state index in [1.165, 1.54) is 6.07 Å². The minimum Gasteiger partial charge on any atom is -0.385 e. The Kier molecular flexibility index (Phi) is 7.74. The maximum absolute atomic E-state index is 13.8. The Morgan fingerprint density at radius 1 is 1.16 bits per heavy atom. The van der Waals surface area contributed by atoms with Crippen molar-refractivity contribution in [2.24, 2.45) is 5.73 Å². The molecule has 0 bridgehead atoms.